The summed E-state index contributed by atoms with van der Waals surface area (Å²) in [7, 11) is 0. The number of hydrogen-bond donors (Lipinski definition) is 0. The van der Waals surface area contributed by atoms with E-state index in [1.165, 1.54) is 0 Å². The van der Waals surface area contributed by atoms with Crippen molar-refractivity contribution in [3.63, 3.8) is 0 Å². The third kappa shape index (κ3) is 3.20. The molecule has 0 unspecified atom stereocenters. The maximum atomic E-state index is 13.3. The molecular weight excluding hydrogens is 378 g/mol. The smallest absolute Gasteiger partial charge is 0.254 e. The highest BCUT2D eigenvalue weighted by Crippen LogP contribution is 2.24. The predicted molar refractivity (Wildman–Crippen MR) is 112 cm³/mol. The summed E-state index contributed by atoms with van der Waals surface area (Å²) < 4.78 is 7.25. The molecule has 0 bridgehead atoms. The zero-order valence-corrected chi connectivity index (χ0v) is 16.4. The fourth-order valence-corrected chi connectivity index (χ4v) is 3.75. The van der Waals surface area contributed by atoms with Crippen LogP contribution in [0.25, 0.3) is 16.6 Å². The molecule has 0 N–H and O–H groups in total. The van der Waals surface area contributed by atoms with Gasteiger partial charge in [0.2, 0.25) is 0 Å². The Bertz CT molecular complexity index is 1330. The first-order valence-corrected chi connectivity index (χ1v) is 9.67. The number of aryl methyl sites for hydroxylation is 1. The number of tetrazole rings is 1. The molecule has 1 amide bonds. The van der Waals surface area contributed by atoms with Crippen molar-refractivity contribution < 1.29 is 9.21 Å². The van der Waals surface area contributed by atoms with E-state index in [1.54, 1.807) is 15.7 Å². The van der Waals surface area contributed by atoms with Crippen molar-refractivity contribution in [2.24, 2.45) is 0 Å². The van der Waals surface area contributed by atoms with E-state index >= 15 is 0 Å². The van der Waals surface area contributed by atoms with Crippen LogP contribution in [0.3, 0.4) is 0 Å². The summed E-state index contributed by atoms with van der Waals surface area (Å²) in [5.74, 6) is 0.633. The van der Waals surface area contributed by atoms with Crippen LogP contribution in [0.15, 0.2) is 77.4 Å². The number of carbonyl (C=O) groups excluding carboxylic acids is 1. The Morgan fingerprint density at radius 1 is 1.03 bits per heavy atom. The van der Waals surface area contributed by atoms with Gasteiger partial charge in [-0.2, -0.15) is 4.52 Å². The summed E-state index contributed by atoms with van der Waals surface area (Å²) in [4.78, 5) is 15.0. The molecule has 0 atom stereocenters. The normalized spacial score (nSPS) is 11.2. The van der Waals surface area contributed by atoms with Crippen LogP contribution >= 0.6 is 0 Å². The molecule has 2 aromatic carbocycles. The number of benzene rings is 2. The van der Waals surface area contributed by atoms with Crippen LogP contribution in [0.4, 0.5) is 0 Å². The minimum atomic E-state index is -0.0815. The number of hydrogen-bond acceptors (Lipinski definition) is 5. The van der Waals surface area contributed by atoms with Gasteiger partial charge in [0.05, 0.1) is 24.9 Å². The van der Waals surface area contributed by atoms with Crippen LogP contribution in [0.1, 0.15) is 27.2 Å². The van der Waals surface area contributed by atoms with E-state index in [2.05, 4.69) is 21.6 Å². The SMILES string of the molecule is Cc1cccc2cc(CN(Cc3ccco3)C(=O)c3ccccc3)c3nnnn3c12. The lowest BCUT2D eigenvalue weighted by Crippen LogP contribution is -2.30. The summed E-state index contributed by atoms with van der Waals surface area (Å²) in [5, 5.41) is 13.3. The second kappa shape index (κ2) is 7.44. The molecule has 3 heterocycles. The second-order valence-electron chi connectivity index (χ2n) is 7.20. The number of pyridine rings is 1. The summed E-state index contributed by atoms with van der Waals surface area (Å²) in [6.45, 7) is 2.73. The summed E-state index contributed by atoms with van der Waals surface area (Å²) in [6.07, 6.45) is 1.61. The molecule has 7 nitrogen and oxygen atoms in total. The number of carbonyl (C=O) groups is 1. The van der Waals surface area contributed by atoms with Crippen molar-refractivity contribution in [2.75, 3.05) is 0 Å². The number of fused-ring (bicyclic) bond motifs is 3. The van der Waals surface area contributed by atoms with E-state index in [1.807, 2.05) is 67.6 Å². The molecule has 0 aliphatic rings. The standard InChI is InChI=1S/C23H19N5O2/c1-16-7-5-10-18-13-19(22-24-25-26-28(22)21(16)18)14-27(15-20-11-6-12-30-20)23(29)17-8-3-2-4-9-17/h2-13H,14-15H2,1H3. The molecule has 5 rings (SSSR count). The van der Waals surface area contributed by atoms with Gasteiger partial charge in [0.1, 0.15) is 5.76 Å². The van der Waals surface area contributed by atoms with Gasteiger partial charge >= 0.3 is 0 Å². The highest BCUT2D eigenvalue weighted by Gasteiger charge is 2.21. The van der Waals surface area contributed by atoms with Crippen LogP contribution in [-0.4, -0.2) is 30.8 Å². The van der Waals surface area contributed by atoms with Gasteiger partial charge in [-0.05, 0) is 53.2 Å². The molecule has 0 radical (unpaired) electrons. The van der Waals surface area contributed by atoms with E-state index in [0.717, 1.165) is 22.0 Å². The van der Waals surface area contributed by atoms with Gasteiger partial charge in [0.15, 0.2) is 5.65 Å². The van der Waals surface area contributed by atoms with Gasteiger partial charge in [-0.1, -0.05) is 36.4 Å². The largest absolute Gasteiger partial charge is 0.467 e. The summed E-state index contributed by atoms with van der Waals surface area (Å²) in [6, 6.07) is 21.1. The van der Waals surface area contributed by atoms with Gasteiger partial charge < -0.3 is 9.32 Å². The molecule has 0 saturated heterocycles. The number of furan rings is 1. The zero-order valence-electron chi connectivity index (χ0n) is 16.4. The lowest BCUT2D eigenvalue weighted by atomic mass is 10.1. The number of amides is 1. The Morgan fingerprint density at radius 3 is 2.70 bits per heavy atom. The summed E-state index contributed by atoms with van der Waals surface area (Å²) >= 11 is 0. The summed E-state index contributed by atoms with van der Waals surface area (Å²) in [5.41, 5.74) is 4.18. The van der Waals surface area contributed by atoms with E-state index < -0.39 is 0 Å². The molecule has 5 aromatic rings. The number of rotatable bonds is 5. The molecule has 0 saturated carbocycles. The quantitative estimate of drug-likeness (QED) is 0.448. The van der Waals surface area contributed by atoms with Crippen LogP contribution in [0, 0.1) is 6.92 Å². The van der Waals surface area contributed by atoms with Crippen molar-refractivity contribution in [3.8, 4) is 0 Å². The van der Waals surface area contributed by atoms with Crippen molar-refractivity contribution in [2.45, 2.75) is 20.0 Å². The van der Waals surface area contributed by atoms with E-state index in [9.17, 15) is 4.79 Å². The fourth-order valence-electron chi connectivity index (χ4n) is 3.75. The molecule has 0 aliphatic heterocycles. The average Bonchev–Trinajstić information content (AvgIpc) is 3.45. The Hall–Kier alpha value is -4.00. The lowest BCUT2D eigenvalue weighted by molar-refractivity contribution is 0.0718. The van der Waals surface area contributed by atoms with Crippen LogP contribution in [0.5, 0.6) is 0 Å². The first-order chi connectivity index (χ1) is 14.7. The van der Waals surface area contributed by atoms with Gasteiger partial charge in [-0.3, -0.25) is 4.79 Å². The zero-order chi connectivity index (χ0) is 20.5. The molecule has 7 heteroatoms. The van der Waals surface area contributed by atoms with Gasteiger partial charge in [0.25, 0.3) is 5.91 Å². The van der Waals surface area contributed by atoms with Gasteiger partial charge in [-0.15, -0.1) is 5.10 Å². The van der Waals surface area contributed by atoms with Crippen LogP contribution in [0.2, 0.25) is 0 Å². The molecule has 0 fully saturated rings. The molecule has 0 spiro atoms. The minimum Gasteiger partial charge on any atom is -0.467 e. The molecule has 148 valence electrons. The lowest BCUT2D eigenvalue weighted by Gasteiger charge is -2.22. The number of aromatic nitrogens is 4. The van der Waals surface area contributed by atoms with E-state index in [-0.39, 0.29) is 5.91 Å². The minimum absolute atomic E-state index is 0.0815. The highest BCUT2D eigenvalue weighted by atomic mass is 16.3. The topological polar surface area (TPSA) is 76.5 Å². The average molecular weight is 397 g/mol. The fraction of sp³-hybridized carbons (Fsp3) is 0.130. The Balaban J connectivity index is 1.59. The molecule has 0 aliphatic carbocycles. The van der Waals surface area contributed by atoms with E-state index in [4.69, 9.17) is 4.42 Å². The monoisotopic (exact) mass is 397 g/mol. The second-order valence-corrected chi connectivity index (χ2v) is 7.20. The van der Waals surface area contributed by atoms with Gasteiger partial charge in [-0.25, -0.2) is 0 Å². The van der Waals surface area contributed by atoms with Crippen molar-refractivity contribution >= 4 is 22.5 Å². The van der Waals surface area contributed by atoms with Crippen LogP contribution in [-0.2, 0) is 13.1 Å². The van der Waals surface area contributed by atoms with E-state index in [0.29, 0.717) is 30.1 Å². The van der Waals surface area contributed by atoms with Crippen molar-refractivity contribution in [3.05, 3.63) is 95.4 Å². The van der Waals surface area contributed by atoms with Crippen molar-refractivity contribution in [1.82, 2.24) is 24.9 Å². The number of nitrogens with zero attached hydrogens (tertiary/aromatic N) is 5. The Labute approximate surface area is 172 Å². The molecule has 30 heavy (non-hydrogen) atoms. The maximum absolute atomic E-state index is 13.3. The maximum Gasteiger partial charge on any atom is 0.254 e. The molecule has 3 aromatic heterocycles. The number of para-hydroxylation sites is 1. The van der Waals surface area contributed by atoms with Crippen molar-refractivity contribution in [1.29, 1.82) is 0 Å². The third-order valence-electron chi connectivity index (χ3n) is 5.16. The Morgan fingerprint density at radius 2 is 1.90 bits per heavy atom. The first kappa shape index (κ1) is 18.1. The molecular formula is C23H19N5O2. The predicted octanol–water partition coefficient (Wildman–Crippen LogP) is 4.02. The van der Waals surface area contributed by atoms with Crippen LogP contribution < -0.4 is 0 Å². The first-order valence-electron chi connectivity index (χ1n) is 9.67. The third-order valence-corrected chi connectivity index (χ3v) is 5.16. The Kier molecular flexibility index (Phi) is 4.48. The highest BCUT2D eigenvalue weighted by molar-refractivity contribution is 5.94. The van der Waals surface area contributed by atoms with Gasteiger partial charge in [0, 0.05) is 16.5 Å².